The van der Waals surface area contributed by atoms with Crippen LogP contribution in [0.4, 0.5) is 0 Å². The van der Waals surface area contributed by atoms with Gasteiger partial charge < -0.3 is 21.5 Å². The summed E-state index contributed by atoms with van der Waals surface area (Å²) in [6.45, 7) is 0. The Balaban J connectivity index is 2.91. The van der Waals surface area contributed by atoms with Crippen molar-refractivity contribution in [2.24, 2.45) is 11.5 Å². The minimum absolute atomic E-state index is 0.0388. The number of hydrogen-bond acceptors (Lipinski definition) is 6. The van der Waals surface area contributed by atoms with Gasteiger partial charge in [0.05, 0.1) is 27.3 Å². The van der Waals surface area contributed by atoms with Gasteiger partial charge in [-0.2, -0.15) is 10.5 Å². The lowest BCUT2D eigenvalue weighted by molar-refractivity contribution is -0.116. The number of phenols is 1. The third-order valence-corrected chi connectivity index (χ3v) is 4.17. The summed E-state index contributed by atoms with van der Waals surface area (Å²) in [5.74, 6) is -1.20. The van der Waals surface area contributed by atoms with Gasteiger partial charge in [0, 0.05) is 12.6 Å². The van der Waals surface area contributed by atoms with Crippen LogP contribution in [-0.2, 0) is 4.79 Å². The summed E-state index contributed by atoms with van der Waals surface area (Å²) in [4.78, 5) is 13.0. The van der Waals surface area contributed by atoms with Crippen LogP contribution in [0.15, 0.2) is 29.0 Å². The number of halogens is 2. The largest absolute Gasteiger partial charge is 0.505 e. The van der Waals surface area contributed by atoms with E-state index in [9.17, 15) is 20.4 Å². The molecule has 0 bridgehead atoms. The molecule has 1 aliphatic heterocycles. The SMILES string of the molecule is CN1C(C(N)=O)=C(C#N)C(c2cc(Cl)c(O)c(Cl)c2)=C(C#N)C1N. The van der Waals surface area contributed by atoms with Crippen LogP contribution in [0.2, 0.25) is 10.0 Å². The van der Waals surface area contributed by atoms with Crippen molar-refractivity contribution in [2.45, 2.75) is 6.17 Å². The number of phenolic OH excluding ortho intramolecular Hbond substituents is 1. The Bertz CT molecular complexity index is 869. The second-order valence-electron chi connectivity index (χ2n) is 4.94. The third kappa shape index (κ3) is 2.66. The number of nitrogens with zero attached hydrogens (tertiary/aromatic N) is 3. The molecule has 1 aromatic rings. The van der Waals surface area contributed by atoms with E-state index < -0.39 is 12.1 Å². The molecule has 1 aromatic carbocycles. The first kappa shape index (κ1) is 17.6. The van der Waals surface area contributed by atoms with Crippen LogP contribution in [0.5, 0.6) is 5.75 Å². The molecule has 0 saturated carbocycles. The molecule has 0 saturated heterocycles. The standard InChI is InChI=1S/C15H11Cl2N5O2/c1-22-12(15(21)24)7(4-18)11(8(5-19)14(22)20)6-2-9(16)13(23)10(17)3-6/h2-3,14,23H,20H2,1H3,(H2,21,24). The minimum Gasteiger partial charge on any atom is -0.505 e. The highest BCUT2D eigenvalue weighted by atomic mass is 35.5. The third-order valence-electron chi connectivity index (χ3n) is 3.59. The second-order valence-corrected chi connectivity index (χ2v) is 5.76. The van der Waals surface area contributed by atoms with Crippen LogP contribution in [-0.4, -0.2) is 29.1 Å². The number of aromatic hydroxyl groups is 1. The zero-order chi connectivity index (χ0) is 18.2. The molecule has 7 nitrogen and oxygen atoms in total. The molecule has 0 aliphatic carbocycles. The molecule has 1 aliphatic rings. The number of primary amides is 1. The predicted octanol–water partition coefficient (Wildman–Crippen LogP) is 1.47. The molecule has 122 valence electrons. The molecule has 9 heteroatoms. The lowest BCUT2D eigenvalue weighted by atomic mass is 9.87. The molecule has 24 heavy (non-hydrogen) atoms. The molecule has 1 unspecified atom stereocenters. The number of nitrogens with two attached hydrogens (primary N) is 2. The van der Waals surface area contributed by atoms with E-state index in [1.165, 1.54) is 24.1 Å². The van der Waals surface area contributed by atoms with Crippen LogP contribution in [0.25, 0.3) is 5.57 Å². The van der Waals surface area contributed by atoms with Gasteiger partial charge in [0.15, 0.2) is 5.75 Å². The van der Waals surface area contributed by atoms with Gasteiger partial charge in [-0.1, -0.05) is 23.2 Å². The zero-order valence-corrected chi connectivity index (χ0v) is 13.9. The maximum Gasteiger partial charge on any atom is 0.266 e. The van der Waals surface area contributed by atoms with Crippen molar-refractivity contribution in [3.63, 3.8) is 0 Å². The van der Waals surface area contributed by atoms with Gasteiger partial charge in [-0.25, -0.2) is 0 Å². The van der Waals surface area contributed by atoms with E-state index in [0.29, 0.717) is 0 Å². The lowest BCUT2D eigenvalue weighted by Crippen LogP contribution is -2.46. The molecule has 0 fully saturated rings. The van der Waals surface area contributed by atoms with Crippen LogP contribution < -0.4 is 11.5 Å². The van der Waals surface area contributed by atoms with E-state index in [0.717, 1.165) is 0 Å². The predicted molar refractivity (Wildman–Crippen MR) is 88.2 cm³/mol. The summed E-state index contributed by atoms with van der Waals surface area (Å²) >= 11 is 11.8. The Kier molecular flexibility index (Phi) is 4.72. The summed E-state index contributed by atoms with van der Waals surface area (Å²) in [7, 11) is 1.45. The van der Waals surface area contributed by atoms with Crippen molar-refractivity contribution in [2.75, 3.05) is 7.05 Å². The summed E-state index contributed by atoms with van der Waals surface area (Å²) in [5.41, 5.74) is 11.5. The van der Waals surface area contributed by atoms with Crippen LogP contribution >= 0.6 is 23.2 Å². The highest BCUT2D eigenvalue weighted by Gasteiger charge is 2.34. The normalized spacial score (nSPS) is 17.6. The Hall–Kier alpha value is -2.71. The number of benzene rings is 1. The highest BCUT2D eigenvalue weighted by molar-refractivity contribution is 6.37. The van der Waals surface area contributed by atoms with E-state index in [1.54, 1.807) is 0 Å². The van der Waals surface area contributed by atoms with Crippen LogP contribution in [0.1, 0.15) is 5.56 Å². The summed E-state index contributed by atoms with van der Waals surface area (Å²) in [5, 5.41) is 28.5. The monoisotopic (exact) mass is 363 g/mol. The van der Waals surface area contributed by atoms with Gasteiger partial charge in [-0.3, -0.25) is 4.79 Å². The van der Waals surface area contributed by atoms with Crippen LogP contribution in [0, 0.1) is 22.7 Å². The first-order valence-corrected chi connectivity index (χ1v) is 7.25. The molecule has 1 atom stereocenters. The average molecular weight is 364 g/mol. The molecule has 0 aromatic heterocycles. The van der Waals surface area contributed by atoms with E-state index in [-0.39, 0.29) is 43.8 Å². The van der Waals surface area contributed by atoms with Crippen LogP contribution in [0.3, 0.4) is 0 Å². The van der Waals surface area contributed by atoms with Gasteiger partial charge in [0.1, 0.15) is 17.9 Å². The molecule has 5 N–H and O–H groups in total. The molecule has 1 amide bonds. The molecule has 2 rings (SSSR count). The number of nitriles is 2. The highest BCUT2D eigenvalue weighted by Crippen LogP contribution is 2.40. The van der Waals surface area contributed by atoms with Gasteiger partial charge in [0.25, 0.3) is 5.91 Å². The number of likely N-dealkylation sites (N-methyl/N-ethyl adjacent to an activating group) is 1. The molecule has 0 radical (unpaired) electrons. The average Bonchev–Trinajstić information content (AvgIpc) is 2.53. The first-order chi connectivity index (χ1) is 11.2. The van der Waals surface area contributed by atoms with Gasteiger partial charge in [0.2, 0.25) is 0 Å². The Morgan fingerprint density at radius 1 is 1.29 bits per heavy atom. The minimum atomic E-state index is -0.990. The number of amides is 1. The Morgan fingerprint density at radius 3 is 2.25 bits per heavy atom. The van der Waals surface area contributed by atoms with Crippen molar-refractivity contribution < 1.29 is 9.90 Å². The van der Waals surface area contributed by atoms with Crippen molar-refractivity contribution in [1.29, 1.82) is 10.5 Å². The van der Waals surface area contributed by atoms with Crippen molar-refractivity contribution in [3.8, 4) is 17.9 Å². The molecular weight excluding hydrogens is 353 g/mol. The van der Waals surface area contributed by atoms with E-state index in [1.807, 2.05) is 12.1 Å². The maximum atomic E-state index is 11.8. The van der Waals surface area contributed by atoms with E-state index in [4.69, 9.17) is 34.7 Å². The van der Waals surface area contributed by atoms with Crippen molar-refractivity contribution in [3.05, 3.63) is 44.6 Å². The maximum absolute atomic E-state index is 11.8. The summed E-state index contributed by atoms with van der Waals surface area (Å²) in [6.07, 6.45) is -0.990. The van der Waals surface area contributed by atoms with Gasteiger partial charge in [-0.15, -0.1) is 0 Å². The van der Waals surface area contributed by atoms with E-state index >= 15 is 0 Å². The van der Waals surface area contributed by atoms with Crippen molar-refractivity contribution in [1.82, 2.24) is 4.90 Å². The molecule has 1 heterocycles. The fourth-order valence-electron chi connectivity index (χ4n) is 2.45. The lowest BCUT2D eigenvalue weighted by Gasteiger charge is -2.33. The quantitative estimate of drug-likeness (QED) is 0.726. The molecular formula is C15H11Cl2N5O2. The Morgan fingerprint density at radius 2 is 1.83 bits per heavy atom. The number of allylic oxidation sites excluding steroid dienone is 2. The number of carbonyl (C=O) groups is 1. The second kappa shape index (κ2) is 6.42. The van der Waals surface area contributed by atoms with Gasteiger partial charge in [-0.05, 0) is 17.7 Å². The topological polar surface area (TPSA) is 140 Å². The summed E-state index contributed by atoms with van der Waals surface area (Å²) < 4.78 is 0. The number of hydrogen-bond donors (Lipinski definition) is 3. The smallest absolute Gasteiger partial charge is 0.266 e. The molecule has 0 spiro atoms. The summed E-state index contributed by atoms with van der Waals surface area (Å²) in [6, 6.07) is 6.46. The first-order valence-electron chi connectivity index (χ1n) is 6.50. The number of rotatable bonds is 2. The zero-order valence-electron chi connectivity index (χ0n) is 12.3. The fraction of sp³-hybridized carbons (Fsp3) is 0.133. The van der Waals surface area contributed by atoms with Gasteiger partial charge >= 0.3 is 0 Å². The Labute approximate surface area is 147 Å². The van der Waals surface area contributed by atoms with Crippen molar-refractivity contribution >= 4 is 34.7 Å². The number of carbonyl (C=O) groups excluding carboxylic acids is 1. The van der Waals surface area contributed by atoms with E-state index in [2.05, 4.69) is 0 Å². The fourth-order valence-corrected chi connectivity index (χ4v) is 2.93.